The first-order valence-electron chi connectivity index (χ1n) is 7.26. The van der Waals surface area contributed by atoms with Gasteiger partial charge in [-0.3, -0.25) is 0 Å². The minimum absolute atomic E-state index is 0. The zero-order valence-corrected chi connectivity index (χ0v) is 13.4. The van der Waals surface area contributed by atoms with Crippen LogP contribution in [0, 0.1) is 0 Å². The molecule has 2 aromatic carbocycles. The number of benzene rings is 2. The van der Waals surface area contributed by atoms with Gasteiger partial charge >= 0.3 is 0 Å². The molecule has 0 bridgehead atoms. The molecule has 0 saturated carbocycles. The van der Waals surface area contributed by atoms with Gasteiger partial charge in [-0.2, -0.15) is 4.98 Å². The van der Waals surface area contributed by atoms with Crippen LogP contribution in [0.1, 0.15) is 5.56 Å². The standard InChI is InChI=1S/C17H18N4O.ClH/c22-11-10-18-16-14-8-4-5-9-15(14)20-17(21-16)19-12-13-6-2-1-3-7-13;/h1-9,22H,10-12H2,(H2,18,19,20,21);1H. The Hall–Kier alpha value is -2.37. The summed E-state index contributed by atoms with van der Waals surface area (Å²) in [6.07, 6.45) is 0. The zero-order valence-electron chi connectivity index (χ0n) is 12.6. The summed E-state index contributed by atoms with van der Waals surface area (Å²) in [4.78, 5) is 9.04. The highest BCUT2D eigenvalue weighted by Gasteiger charge is 2.06. The van der Waals surface area contributed by atoms with Crippen molar-refractivity contribution >= 4 is 35.1 Å². The van der Waals surface area contributed by atoms with Gasteiger partial charge in [0.15, 0.2) is 0 Å². The Labute approximate surface area is 141 Å². The molecule has 0 spiro atoms. The minimum atomic E-state index is 0. The average Bonchev–Trinajstić information content (AvgIpc) is 2.58. The van der Waals surface area contributed by atoms with Crippen molar-refractivity contribution in [3.8, 4) is 0 Å². The maximum Gasteiger partial charge on any atom is 0.225 e. The quantitative estimate of drug-likeness (QED) is 0.648. The molecule has 120 valence electrons. The van der Waals surface area contributed by atoms with E-state index in [1.165, 1.54) is 5.56 Å². The molecule has 3 rings (SSSR count). The highest BCUT2D eigenvalue weighted by atomic mass is 35.5. The summed E-state index contributed by atoms with van der Waals surface area (Å²) in [5.74, 6) is 1.30. The molecule has 1 aromatic heterocycles. The summed E-state index contributed by atoms with van der Waals surface area (Å²) in [6.45, 7) is 1.18. The highest BCUT2D eigenvalue weighted by molar-refractivity contribution is 5.90. The van der Waals surface area contributed by atoms with Gasteiger partial charge in [0.25, 0.3) is 0 Å². The molecule has 0 amide bonds. The molecule has 1 heterocycles. The van der Waals surface area contributed by atoms with Crippen molar-refractivity contribution in [3.63, 3.8) is 0 Å². The first-order valence-corrected chi connectivity index (χ1v) is 7.26. The fourth-order valence-corrected chi connectivity index (χ4v) is 2.24. The minimum Gasteiger partial charge on any atom is -0.395 e. The van der Waals surface area contributed by atoms with Crippen LogP contribution < -0.4 is 10.6 Å². The number of hydrogen-bond acceptors (Lipinski definition) is 5. The van der Waals surface area contributed by atoms with Crippen molar-refractivity contribution in [1.29, 1.82) is 0 Å². The second kappa shape index (κ2) is 8.31. The summed E-state index contributed by atoms with van der Waals surface area (Å²) in [5, 5.41) is 16.3. The number of para-hydroxylation sites is 1. The molecule has 0 fully saturated rings. The lowest BCUT2D eigenvalue weighted by atomic mass is 10.2. The molecule has 0 aliphatic rings. The number of hydrogen-bond donors (Lipinski definition) is 3. The number of anilines is 2. The topological polar surface area (TPSA) is 70.1 Å². The summed E-state index contributed by atoms with van der Waals surface area (Å²) in [6, 6.07) is 17.9. The van der Waals surface area contributed by atoms with Crippen LogP contribution in [0.2, 0.25) is 0 Å². The van der Waals surface area contributed by atoms with Crippen LogP contribution in [-0.4, -0.2) is 28.2 Å². The van der Waals surface area contributed by atoms with E-state index in [4.69, 9.17) is 5.11 Å². The molecule has 0 saturated heterocycles. The molecule has 3 aromatic rings. The van der Waals surface area contributed by atoms with Crippen molar-refractivity contribution in [3.05, 3.63) is 60.2 Å². The SMILES string of the molecule is Cl.OCCNc1nc(NCc2ccccc2)nc2ccccc12. The molecule has 23 heavy (non-hydrogen) atoms. The predicted octanol–water partition coefficient (Wildman–Crippen LogP) is 3.07. The van der Waals surface area contributed by atoms with E-state index in [2.05, 4.69) is 32.7 Å². The van der Waals surface area contributed by atoms with Crippen molar-refractivity contribution < 1.29 is 5.11 Å². The van der Waals surface area contributed by atoms with Crippen LogP contribution in [0.25, 0.3) is 10.9 Å². The summed E-state index contributed by atoms with van der Waals surface area (Å²) >= 11 is 0. The van der Waals surface area contributed by atoms with Crippen LogP contribution in [0.15, 0.2) is 54.6 Å². The molecule has 6 heteroatoms. The first-order chi connectivity index (χ1) is 10.9. The van der Waals surface area contributed by atoms with E-state index < -0.39 is 0 Å². The van der Waals surface area contributed by atoms with E-state index in [-0.39, 0.29) is 19.0 Å². The number of fused-ring (bicyclic) bond motifs is 1. The van der Waals surface area contributed by atoms with Crippen molar-refractivity contribution in [1.82, 2.24) is 9.97 Å². The van der Waals surface area contributed by atoms with E-state index in [0.29, 0.717) is 19.0 Å². The monoisotopic (exact) mass is 330 g/mol. The Kier molecular flexibility index (Phi) is 6.14. The van der Waals surface area contributed by atoms with E-state index in [1.54, 1.807) is 0 Å². The second-order valence-corrected chi connectivity index (χ2v) is 4.90. The number of aliphatic hydroxyl groups is 1. The summed E-state index contributed by atoms with van der Waals surface area (Å²) in [7, 11) is 0. The molecule has 3 N–H and O–H groups in total. The summed E-state index contributed by atoms with van der Waals surface area (Å²) in [5.41, 5.74) is 2.04. The largest absolute Gasteiger partial charge is 0.395 e. The normalized spacial score (nSPS) is 10.1. The first kappa shape index (κ1) is 17.0. The number of nitrogens with zero attached hydrogens (tertiary/aromatic N) is 2. The molecular weight excluding hydrogens is 312 g/mol. The van der Waals surface area contributed by atoms with Crippen LogP contribution in [0.5, 0.6) is 0 Å². The smallest absolute Gasteiger partial charge is 0.225 e. The fourth-order valence-electron chi connectivity index (χ4n) is 2.24. The molecule has 0 radical (unpaired) electrons. The maximum atomic E-state index is 9.00. The van der Waals surface area contributed by atoms with Gasteiger partial charge in [0, 0.05) is 18.5 Å². The number of aromatic nitrogens is 2. The van der Waals surface area contributed by atoms with Gasteiger partial charge in [0.2, 0.25) is 5.95 Å². The lowest BCUT2D eigenvalue weighted by molar-refractivity contribution is 0.311. The molecule has 0 atom stereocenters. The third-order valence-corrected chi connectivity index (χ3v) is 3.30. The molecule has 5 nitrogen and oxygen atoms in total. The van der Waals surface area contributed by atoms with E-state index in [0.717, 1.165) is 16.7 Å². The predicted molar refractivity (Wildman–Crippen MR) is 96.1 cm³/mol. The van der Waals surface area contributed by atoms with Gasteiger partial charge < -0.3 is 15.7 Å². The van der Waals surface area contributed by atoms with Gasteiger partial charge in [-0.15, -0.1) is 12.4 Å². The van der Waals surface area contributed by atoms with Crippen molar-refractivity contribution in [2.45, 2.75) is 6.54 Å². The fraction of sp³-hybridized carbons (Fsp3) is 0.176. The molecular formula is C17H19ClN4O. The molecule has 0 unspecified atom stereocenters. The zero-order chi connectivity index (χ0) is 15.2. The summed E-state index contributed by atoms with van der Waals surface area (Å²) < 4.78 is 0. The van der Waals surface area contributed by atoms with Gasteiger partial charge in [-0.25, -0.2) is 4.98 Å². The Morgan fingerprint density at radius 3 is 2.39 bits per heavy atom. The van der Waals surface area contributed by atoms with Crippen LogP contribution in [0.3, 0.4) is 0 Å². The average molecular weight is 331 g/mol. The number of aliphatic hydroxyl groups excluding tert-OH is 1. The molecule has 0 aliphatic heterocycles. The van der Waals surface area contributed by atoms with E-state index in [9.17, 15) is 0 Å². The number of rotatable bonds is 6. The van der Waals surface area contributed by atoms with Gasteiger partial charge in [-0.1, -0.05) is 42.5 Å². The highest BCUT2D eigenvalue weighted by Crippen LogP contribution is 2.21. The van der Waals surface area contributed by atoms with Crippen LogP contribution >= 0.6 is 12.4 Å². The van der Waals surface area contributed by atoms with Gasteiger partial charge in [0.05, 0.1) is 12.1 Å². The lowest BCUT2D eigenvalue weighted by Crippen LogP contribution is -2.10. The third-order valence-electron chi connectivity index (χ3n) is 3.30. The van der Waals surface area contributed by atoms with Gasteiger partial charge in [0.1, 0.15) is 5.82 Å². The van der Waals surface area contributed by atoms with Crippen LogP contribution in [-0.2, 0) is 6.54 Å². The van der Waals surface area contributed by atoms with Crippen LogP contribution in [0.4, 0.5) is 11.8 Å². The van der Waals surface area contributed by atoms with E-state index in [1.807, 2.05) is 42.5 Å². The Bertz CT molecular complexity index is 752. The second-order valence-electron chi connectivity index (χ2n) is 4.90. The van der Waals surface area contributed by atoms with Gasteiger partial charge in [-0.05, 0) is 17.7 Å². The lowest BCUT2D eigenvalue weighted by Gasteiger charge is -2.11. The number of nitrogens with one attached hydrogen (secondary N) is 2. The molecule has 0 aliphatic carbocycles. The van der Waals surface area contributed by atoms with Crippen molar-refractivity contribution in [2.24, 2.45) is 0 Å². The number of halogens is 1. The Morgan fingerprint density at radius 1 is 0.870 bits per heavy atom. The van der Waals surface area contributed by atoms with E-state index >= 15 is 0 Å². The Morgan fingerprint density at radius 2 is 1.61 bits per heavy atom. The Balaban J connectivity index is 0.00000192. The van der Waals surface area contributed by atoms with Crippen molar-refractivity contribution in [2.75, 3.05) is 23.8 Å². The third kappa shape index (κ3) is 4.31. The maximum absolute atomic E-state index is 9.00.